The third-order valence-electron chi connectivity index (χ3n) is 4.47. The van der Waals surface area contributed by atoms with Crippen LogP contribution < -0.4 is 0 Å². The molecule has 1 aliphatic heterocycles. The van der Waals surface area contributed by atoms with Gasteiger partial charge in [-0.3, -0.25) is 19.3 Å². The van der Waals surface area contributed by atoms with E-state index < -0.39 is 12.1 Å². The fourth-order valence-electron chi connectivity index (χ4n) is 2.86. The van der Waals surface area contributed by atoms with Gasteiger partial charge in [0.1, 0.15) is 0 Å². The molecule has 0 N–H and O–H groups in total. The van der Waals surface area contributed by atoms with Crippen LogP contribution in [0.2, 0.25) is 5.02 Å². The SMILES string of the molecule is C[C@H](OC(=O)c1ccc(CN2C(=O)CCC2=O)cc1)C(=O)c1ccc(Cl)cc1. The fourth-order valence-corrected chi connectivity index (χ4v) is 2.99. The highest BCUT2D eigenvalue weighted by Gasteiger charge is 2.28. The van der Waals surface area contributed by atoms with Gasteiger partial charge in [-0.25, -0.2) is 4.79 Å². The van der Waals surface area contributed by atoms with Crippen LogP contribution in [0.5, 0.6) is 0 Å². The summed E-state index contributed by atoms with van der Waals surface area (Å²) in [7, 11) is 0. The Morgan fingerprint density at radius 2 is 1.50 bits per heavy atom. The van der Waals surface area contributed by atoms with E-state index >= 15 is 0 Å². The molecule has 1 aliphatic rings. The molecule has 1 heterocycles. The Morgan fingerprint density at radius 1 is 0.964 bits per heavy atom. The zero-order valence-corrected chi connectivity index (χ0v) is 15.9. The van der Waals surface area contributed by atoms with Crippen molar-refractivity contribution in [3.05, 3.63) is 70.2 Å². The maximum atomic E-state index is 12.3. The molecule has 0 spiro atoms. The number of ether oxygens (including phenoxy) is 1. The van der Waals surface area contributed by atoms with E-state index in [1.165, 1.54) is 11.8 Å². The first-order chi connectivity index (χ1) is 13.3. The molecule has 2 amide bonds. The molecule has 3 rings (SSSR count). The zero-order valence-electron chi connectivity index (χ0n) is 15.2. The smallest absolute Gasteiger partial charge is 0.338 e. The molecule has 144 valence electrons. The molecule has 0 saturated carbocycles. The zero-order chi connectivity index (χ0) is 20.3. The van der Waals surface area contributed by atoms with Gasteiger partial charge < -0.3 is 4.74 Å². The number of halogens is 1. The summed E-state index contributed by atoms with van der Waals surface area (Å²) < 4.78 is 5.25. The monoisotopic (exact) mass is 399 g/mol. The maximum absolute atomic E-state index is 12.3. The number of nitrogens with zero attached hydrogens (tertiary/aromatic N) is 1. The van der Waals surface area contributed by atoms with Crippen molar-refractivity contribution in [2.24, 2.45) is 0 Å². The third kappa shape index (κ3) is 4.46. The van der Waals surface area contributed by atoms with Crippen LogP contribution in [0.1, 0.15) is 46.0 Å². The number of carbonyl (C=O) groups excluding carboxylic acids is 4. The highest BCUT2D eigenvalue weighted by Crippen LogP contribution is 2.17. The molecule has 0 unspecified atom stereocenters. The Bertz CT molecular complexity index is 905. The van der Waals surface area contributed by atoms with Gasteiger partial charge in [-0.1, -0.05) is 23.7 Å². The molecule has 0 radical (unpaired) electrons. The van der Waals surface area contributed by atoms with Crippen molar-refractivity contribution in [2.45, 2.75) is 32.4 Å². The van der Waals surface area contributed by atoms with E-state index in [1.54, 1.807) is 48.5 Å². The van der Waals surface area contributed by atoms with Crippen LogP contribution in [-0.2, 0) is 20.9 Å². The van der Waals surface area contributed by atoms with Crippen LogP contribution >= 0.6 is 11.6 Å². The highest BCUT2D eigenvalue weighted by molar-refractivity contribution is 6.30. The van der Waals surface area contributed by atoms with E-state index in [0.717, 1.165) is 5.56 Å². The second kappa shape index (κ2) is 8.35. The van der Waals surface area contributed by atoms with Crippen molar-refractivity contribution in [3.8, 4) is 0 Å². The third-order valence-corrected chi connectivity index (χ3v) is 4.72. The van der Waals surface area contributed by atoms with Crippen LogP contribution in [0.4, 0.5) is 0 Å². The van der Waals surface area contributed by atoms with Gasteiger partial charge >= 0.3 is 5.97 Å². The van der Waals surface area contributed by atoms with Gasteiger partial charge in [0, 0.05) is 23.4 Å². The topological polar surface area (TPSA) is 80.8 Å². The lowest BCUT2D eigenvalue weighted by Crippen LogP contribution is -2.28. The summed E-state index contributed by atoms with van der Waals surface area (Å²) in [6.45, 7) is 1.69. The second-order valence-corrected chi connectivity index (χ2v) is 6.93. The van der Waals surface area contributed by atoms with E-state index in [-0.39, 0.29) is 42.5 Å². The normalized spacial score (nSPS) is 14.9. The number of benzene rings is 2. The molecule has 2 aromatic rings. The van der Waals surface area contributed by atoms with Gasteiger partial charge in [0.15, 0.2) is 6.10 Å². The minimum atomic E-state index is -0.951. The van der Waals surface area contributed by atoms with Crippen LogP contribution in [0, 0.1) is 0 Å². The van der Waals surface area contributed by atoms with E-state index in [4.69, 9.17) is 16.3 Å². The van der Waals surface area contributed by atoms with Crippen molar-refractivity contribution in [1.82, 2.24) is 4.90 Å². The van der Waals surface area contributed by atoms with Gasteiger partial charge in [-0.2, -0.15) is 0 Å². The van der Waals surface area contributed by atoms with Gasteiger partial charge in [0.25, 0.3) is 0 Å². The van der Waals surface area contributed by atoms with E-state index in [1.807, 2.05) is 0 Å². The number of rotatable bonds is 6. The number of ketones is 1. The maximum Gasteiger partial charge on any atom is 0.338 e. The molecule has 2 aromatic carbocycles. The number of hydrogen-bond acceptors (Lipinski definition) is 5. The van der Waals surface area contributed by atoms with E-state index in [9.17, 15) is 19.2 Å². The number of amides is 2. The number of hydrogen-bond donors (Lipinski definition) is 0. The molecule has 7 heteroatoms. The molecule has 0 aliphatic carbocycles. The van der Waals surface area contributed by atoms with Gasteiger partial charge in [0.05, 0.1) is 12.1 Å². The summed E-state index contributed by atoms with van der Waals surface area (Å²) >= 11 is 5.81. The molecular formula is C21H18ClNO5. The average molecular weight is 400 g/mol. The Morgan fingerprint density at radius 3 is 2.07 bits per heavy atom. The van der Waals surface area contributed by atoms with Crippen LogP contribution in [0.3, 0.4) is 0 Å². The molecular weight excluding hydrogens is 382 g/mol. The number of likely N-dealkylation sites (tertiary alicyclic amines) is 1. The van der Waals surface area contributed by atoms with Crippen molar-refractivity contribution >= 4 is 35.2 Å². The largest absolute Gasteiger partial charge is 0.451 e. The molecule has 0 aromatic heterocycles. The quantitative estimate of drug-likeness (QED) is 0.422. The van der Waals surface area contributed by atoms with E-state index in [0.29, 0.717) is 10.6 Å². The molecule has 6 nitrogen and oxygen atoms in total. The molecule has 1 fully saturated rings. The summed E-state index contributed by atoms with van der Waals surface area (Å²) in [6.07, 6.45) is -0.473. The number of Topliss-reactive ketones (excluding diaryl/α,β-unsaturated/α-hetero) is 1. The Balaban J connectivity index is 1.61. The average Bonchev–Trinajstić information content (AvgIpc) is 3.00. The number of carbonyl (C=O) groups is 4. The Hall–Kier alpha value is -2.99. The van der Waals surface area contributed by atoms with Crippen LogP contribution in [0.15, 0.2) is 48.5 Å². The van der Waals surface area contributed by atoms with Gasteiger partial charge in [-0.05, 0) is 48.9 Å². The van der Waals surface area contributed by atoms with Crippen LogP contribution in [-0.4, -0.2) is 34.6 Å². The lowest BCUT2D eigenvalue weighted by Gasteiger charge is -2.15. The summed E-state index contributed by atoms with van der Waals surface area (Å²) in [6, 6.07) is 12.7. The predicted octanol–water partition coefficient (Wildman–Crippen LogP) is 3.42. The Labute approximate surface area is 167 Å². The van der Waals surface area contributed by atoms with Gasteiger partial charge in [0.2, 0.25) is 17.6 Å². The second-order valence-electron chi connectivity index (χ2n) is 6.49. The number of imide groups is 1. The summed E-state index contributed by atoms with van der Waals surface area (Å²) in [5.41, 5.74) is 1.41. The minimum Gasteiger partial charge on any atom is -0.451 e. The molecule has 0 bridgehead atoms. The fraction of sp³-hybridized carbons (Fsp3) is 0.238. The highest BCUT2D eigenvalue weighted by atomic mass is 35.5. The predicted molar refractivity (Wildman–Crippen MR) is 102 cm³/mol. The lowest BCUT2D eigenvalue weighted by atomic mass is 10.1. The summed E-state index contributed by atoms with van der Waals surface area (Å²) in [5, 5.41) is 0.513. The van der Waals surface area contributed by atoms with Crippen molar-refractivity contribution < 1.29 is 23.9 Å². The molecule has 1 atom stereocenters. The number of esters is 1. The van der Waals surface area contributed by atoms with Gasteiger partial charge in [-0.15, -0.1) is 0 Å². The van der Waals surface area contributed by atoms with Crippen molar-refractivity contribution in [1.29, 1.82) is 0 Å². The summed E-state index contributed by atoms with van der Waals surface area (Å²) in [5.74, 6) is -1.34. The lowest BCUT2D eigenvalue weighted by molar-refractivity contribution is -0.139. The molecule has 28 heavy (non-hydrogen) atoms. The van der Waals surface area contributed by atoms with E-state index in [2.05, 4.69) is 0 Å². The standard InChI is InChI=1S/C21H18ClNO5/c1-13(20(26)15-6-8-17(22)9-7-15)28-21(27)16-4-2-14(3-5-16)12-23-18(24)10-11-19(23)25/h2-9,13H,10-12H2,1H3/t13-/m0/s1. The minimum absolute atomic E-state index is 0.179. The molecule has 1 saturated heterocycles. The van der Waals surface area contributed by atoms with Crippen molar-refractivity contribution in [3.63, 3.8) is 0 Å². The first kappa shape index (κ1) is 19.8. The first-order valence-electron chi connectivity index (χ1n) is 8.78. The van der Waals surface area contributed by atoms with Crippen LogP contribution in [0.25, 0.3) is 0 Å². The van der Waals surface area contributed by atoms with Crippen molar-refractivity contribution in [2.75, 3.05) is 0 Å². The first-order valence-corrected chi connectivity index (χ1v) is 9.16. The summed E-state index contributed by atoms with van der Waals surface area (Å²) in [4.78, 5) is 49.2. The Kier molecular flexibility index (Phi) is 5.90.